The molecule has 1 aliphatic rings. The van der Waals surface area contributed by atoms with Crippen LogP contribution in [0.2, 0.25) is 5.15 Å². The van der Waals surface area contributed by atoms with E-state index in [1.807, 2.05) is 36.7 Å². The Labute approximate surface area is 213 Å². The highest BCUT2D eigenvalue weighted by Gasteiger charge is 2.26. The summed E-state index contributed by atoms with van der Waals surface area (Å²) in [5.74, 6) is -0.517. The molecule has 0 saturated carbocycles. The van der Waals surface area contributed by atoms with Crippen LogP contribution >= 0.6 is 11.6 Å². The quantitative estimate of drug-likeness (QED) is 0.400. The summed E-state index contributed by atoms with van der Waals surface area (Å²) in [4.78, 5) is 23.4. The Morgan fingerprint density at radius 2 is 2.06 bits per heavy atom. The maximum atomic E-state index is 14.6. The van der Waals surface area contributed by atoms with Gasteiger partial charge in [0.25, 0.3) is 5.91 Å². The van der Waals surface area contributed by atoms with Crippen LogP contribution in [0.15, 0.2) is 36.4 Å². The largest absolute Gasteiger partial charge is 0.347 e. The molecule has 36 heavy (non-hydrogen) atoms. The van der Waals surface area contributed by atoms with Crippen molar-refractivity contribution in [1.82, 2.24) is 29.5 Å². The van der Waals surface area contributed by atoms with Gasteiger partial charge in [0, 0.05) is 36.3 Å². The fourth-order valence-corrected chi connectivity index (χ4v) is 4.99. The number of piperidine rings is 1. The zero-order valence-corrected chi connectivity index (χ0v) is 21.0. The average Bonchev–Trinajstić information content (AvgIpc) is 3.34. The van der Waals surface area contributed by atoms with Crippen LogP contribution in [0.4, 0.5) is 10.1 Å². The molecule has 3 heterocycles. The number of carbonyl (C=O) groups is 1. The highest BCUT2D eigenvalue weighted by molar-refractivity contribution is 6.34. The Morgan fingerprint density at radius 3 is 2.78 bits per heavy atom. The van der Waals surface area contributed by atoms with Crippen molar-refractivity contribution in [2.45, 2.75) is 25.8 Å². The van der Waals surface area contributed by atoms with Crippen LogP contribution < -0.4 is 5.32 Å². The zero-order chi connectivity index (χ0) is 25.6. The number of benzene rings is 2. The summed E-state index contributed by atoms with van der Waals surface area (Å²) in [5.41, 5.74) is 2.71. The molecular weight excluding hydrogens is 481 g/mol. The van der Waals surface area contributed by atoms with Gasteiger partial charge in [-0.1, -0.05) is 23.7 Å². The lowest BCUT2D eigenvalue weighted by atomic mass is 10.1. The van der Waals surface area contributed by atoms with Gasteiger partial charge >= 0.3 is 0 Å². The number of nitrogens with one attached hydrogen (secondary N) is 1. The second kappa shape index (κ2) is 9.37. The molecule has 8 nitrogen and oxygen atoms in total. The molecule has 0 bridgehead atoms. The van der Waals surface area contributed by atoms with Crippen LogP contribution in [-0.2, 0) is 7.05 Å². The van der Waals surface area contributed by atoms with Gasteiger partial charge in [0.2, 0.25) is 5.69 Å². The third-order valence-corrected chi connectivity index (χ3v) is 7.06. The van der Waals surface area contributed by atoms with Crippen LogP contribution in [0.25, 0.3) is 32.8 Å². The summed E-state index contributed by atoms with van der Waals surface area (Å²) >= 11 is 6.46. The third-order valence-electron chi connectivity index (χ3n) is 6.61. The highest BCUT2D eigenvalue weighted by atomic mass is 35.5. The number of likely N-dealkylation sites (N-methyl/N-ethyl adjacent to an activating group) is 1. The number of nitrogens with zero attached hydrogens (tertiary/aromatic N) is 6. The minimum Gasteiger partial charge on any atom is -0.347 e. The summed E-state index contributed by atoms with van der Waals surface area (Å²) in [5, 5.41) is 8.75. The van der Waals surface area contributed by atoms with Gasteiger partial charge in [-0.3, -0.25) is 14.0 Å². The van der Waals surface area contributed by atoms with Crippen molar-refractivity contribution in [3.63, 3.8) is 0 Å². The number of likely N-dealkylation sites (tertiary alicyclic amines) is 1. The van der Waals surface area contributed by atoms with E-state index >= 15 is 0 Å². The number of aryl methyl sites for hydroxylation is 1. The van der Waals surface area contributed by atoms with Gasteiger partial charge in [-0.15, -0.1) is 0 Å². The molecule has 0 spiro atoms. The summed E-state index contributed by atoms with van der Waals surface area (Å²) in [7, 11) is 3.81. The molecule has 1 atom stereocenters. The van der Waals surface area contributed by atoms with Crippen LogP contribution in [0.1, 0.15) is 29.0 Å². The zero-order valence-electron chi connectivity index (χ0n) is 20.2. The number of aromatic nitrogens is 4. The summed E-state index contributed by atoms with van der Waals surface area (Å²) in [6, 6.07) is 9.97. The summed E-state index contributed by atoms with van der Waals surface area (Å²) in [6.45, 7) is 10.8. The Kier molecular flexibility index (Phi) is 6.24. The van der Waals surface area contributed by atoms with Crippen molar-refractivity contribution in [3.8, 4) is 17.1 Å². The fourth-order valence-electron chi connectivity index (χ4n) is 4.80. The van der Waals surface area contributed by atoms with Crippen molar-refractivity contribution in [3.05, 3.63) is 70.2 Å². The molecule has 1 amide bonds. The molecule has 1 aliphatic heterocycles. The van der Waals surface area contributed by atoms with Gasteiger partial charge in [-0.25, -0.2) is 14.2 Å². The molecule has 0 unspecified atom stereocenters. The average molecular weight is 506 g/mol. The monoisotopic (exact) mass is 505 g/mol. The fraction of sp³-hybridized carbons (Fsp3) is 0.308. The normalized spacial score (nSPS) is 16.3. The van der Waals surface area contributed by atoms with Crippen LogP contribution in [-0.4, -0.2) is 56.3 Å². The van der Waals surface area contributed by atoms with Gasteiger partial charge < -0.3 is 10.2 Å². The molecule has 2 aromatic carbocycles. The number of fused-ring (bicyclic) bond motifs is 1. The van der Waals surface area contributed by atoms with Crippen molar-refractivity contribution in [2.75, 3.05) is 20.1 Å². The predicted octanol–water partition coefficient (Wildman–Crippen LogP) is 4.90. The number of halogens is 2. The molecule has 4 aromatic rings. The SMILES string of the molecule is [C-]#[N+]c1ccc(-c2nc(C(=O)N[C@@H]3CCCN(C)C3)c(C)n2-c2ccc3nn(C)c(Cl)c3c2)cc1F. The first-order valence-corrected chi connectivity index (χ1v) is 12.0. The number of rotatable bonds is 4. The Bertz CT molecular complexity index is 1530. The van der Waals surface area contributed by atoms with E-state index in [1.165, 1.54) is 12.1 Å². The first-order valence-electron chi connectivity index (χ1n) is 11.7. The third kappa shape index (κ3) is 4.23. The Hall–Kier alpha value is -3.74. The maximum absolute atomic E-state index is 14.6. The number of hydrogen-bond donors (Lipinski definition) is 1. The summed E-state index contributed by atoms with van der Waals surface area (Å²) < 4.78 is 18.0. The van der Waals surface area contributed by atoms with Crippen LogP contribution in [0.3, 0.4) is 0 Å². The number of carbonyl (C=O) groups excluding carboxylic acids is 1. The maximum Gasteiger partial charge on any atom is 0.272 e. The number of imidazole rings is 1. The standard InChI is InChI=1S/C26H25ClFN7O/c1-15-23(26(36)30-17-6-5-11-33(3)14-17)31-25(16-7-9-22(29-2)20(28)12-16)35(15)18-8-10-21-19(13-18)24(27)34(4)32-21/h7-10,12-13,17H,5-6,11,14H2,1,3-4H3,(H,30,36)/t17-/m1/s1. The van der Waals surface area contributed by atoms with E-state index in [2.05, 4.69) is 25.1 Å². The molecule has 0 radical (unpaired) electrons. The number of hydrogen-bond acceptors (Lipinski definition) is 4. The van der Waals surface area contributed by atoms with E-state index in [1.54, 1.807) is 17.8 Å². The van der Waals surface area contributed by atoms with Crippen LogP contribution in [0, 0.1) is 19.3 Å². The second-order valence-electron chi connectivity index (χ2n) is 9.17. The van der Waals surface area contributed by atoms with E-state index < -0.39 is 5.82 Å². The first kappa shape index (κ1) is 24.0. The predicted molar refractivity (Wildman–Crippen MR) is 137 cm³/mol. The van der Waals surface area contributed by atoms with Gasteiger partial charge in [0.1, 0.15) is 22.5 Å². The molecule has 1 saturated heterocycles. The lowest BCUT2D eigenvalue weighted by molar-refractivity contribution is 0.0907. The van der Waals surface area contributed by atoms with Crippen LogP contribution in [0.5, 0.6) is 0 Å². The lowest BCUT2D eigenvalue weighted by Crippen LogP contribution is -2.46. The topological polar surface area (TPSA) is 72.3 Å². The molecule has 1 N–H and O–H groups in total. The minimum atomic E-state index is -0.642. The number of amides is 1. The van der Waals surface area contributed by atoms with Gasteiger partial charge in [0.05, 0.1) is 17.8 Å². The van der Waals surface area contributed by atoms with Gasteiger partial charge in [-0.2, -0.15) is 5.10 Å². The Balaban J connectivity index is 1.64. The lowest BCUT2D eigenvalue weighted by Gasteiger charge is -2.30. The van der Waals surface area contributed by atoms with E-state index in [-0.39, 0.29) is 23.3 Å². The van der Waals surface area contributed by atoms with Gasteiger partial charge in [0.15, 0.2) is 0 Å². The van der Waals surface area contributed by atoms with Crippen molar-refractivity contribution >= 4 is 34.1 Å². The van der Waals surface area contributed by atoms with E-state index in [0.717, 1.165) is 36.8 Å². The van der Waals surface area contributed by atoms with Gasteiger partial charge in [-0.05, 0) is 57.6 Å². The van der Waals surface area contributed by atoms with Crippen molar-refractivity contribution < 1.29 is 9.18 Å². The van der Waals surface area contributed by atoms with E-state index in [0.29, 0.717) is 27.9 Å². The summed E-state index contributed by atoms with van der Waals surface area (Å²) in [6.07, 6.45) is 1.92. The van der Waals surface area contributed by atoms with E-state index in [9.17, 15) is 9.18 Å². The molecule has 2 aromatic heterocycles. The van der Waals surface area contributed by atoms with Crippen molar-refractivity contribution in [1.29, 1.82) is 0 Å². The molecule has 5 rings (SSSR count). The first-order chi connectivity index (χ1) is 17.3. The smallest absolute Gasteiger partial charge is 0.272 e. The Morgan fingerprint density at radius 1 is 1.25 bits per heavy atom. The van der Waals surface area contributed by atoms with Crippen molar-refractivity contribution in [2.24, 2.45) is 7.05 Å². The highest BCUT2D eigenvalue weighted by Crippen LogP contribution is 2.32. The second-order valence-corrected chi connectivity index (χ2v) is 9.53. The molecule has 10 heteroatoms. The minimum absolute atomic E-state index is 0.0326. The molecule has 1 fully saturated rings. The van der Waals surface area contributed by atoms with E-state index in [4.69, 9.17) is 18.2 Å². The molecule has 0 aliphatic carbocycles. The molecular formula is C26H25ClFN7O. The molecule has 184 valence electrons.